The van der Waals surface area contributed by atoms with Crippen LogP contribution in [-0.2, 0) is 4.79 Å². The molecule has 0 bridgehead atoms. The molecule has 4 nitrogen and oxygen atoms in total. The van der Waals surface area contributed by atoms with E-state index in [0.29, 0.717) is 0 Å². The monoisotopic (exact) mass is 144 g/mol. The molecule has 1 unspecified atom stereocenters. The molecule has 0 saturated carbocycles. The summed E-state index contributed by atoms with van der Waals surface area (Å²) in [5.74, 6) is -1.42. The van der Waals surface area contributed by atoms with Crippen LogP contribution >= 0.6 is 0 Å². The second-order valence-electron chi connectivity index (χ2n) is 1.74. The van der Waals surface area contributed by atoms with Crippen molar-refractivity contribution in [2.45, 2.75) is 12.5 Å². The molecule has 5 heteroatoms. The minimum absolute atomic E-state index is 0. The number of hydrogen-bond acceptors (Lipinski definition) is 3. The molecule has 0 saturated heterocycles. The first kappa shape index (κ1) is 12.1. The Kier molecular flexibility index (Phi) is 5.71. The van der Waals surface area contributed by atoms with Crippen LogP contribution in [0.25, 0.3) is 0 Å². The minimum atomic E-state index is -1.99. The zero-order valence-corrected chi connectivity index (χ0v) is 7.46. The molecule has 0 aliphatic heterocycles. The smallest absolute Gasteiger partial charge is 1.00 e. The van der Waals surface area contributed by atoms with E-state index >= 15 is 0 Å². The van der Waals surface area contributed by atoms with E-state index < -0.39 is 18.2 Å². The zero-order chi connectivity index (χ0) is 6.78. The van der Waals surface area contributed by atoms with Crippen LogP contribution in [-0.4, -0.2) is 33.5 Å². The Balaban J connectivity index is -0.000000245. The van der Waals surface area contributed by atoms with Crippen LogP contribution in [0, 0.1) is 0 Å². The van der Waals surface area contributed by atoms with Gasteiger partial charge in [-0.25, -0.2) is 4.79 Å². The van der Waals surface area contributed by atoms with Gasteiger partial charge >= 0.3 is 35.5 Å². The Bertz CT molecular complexity index is 105. The van der Waals surface area contributed by atoms with Crippen molar-refractivity contribution in [1.29, 1.82) is 0 Å². The summed E-state index contributed by atoms with van der Waals surface area (Å²) in [6.07, 6.45) is 0. The molecule has 0 aromatic heterocycles. The first-order valence-corrected chi connectivity index (χ1v) is 2.07. The van der Waals surface area contributed by atoms with E-state index in [9.17, 15) is 4.79 Å². The number of hydrogen-bond donors (Lipinski definition) is 3. The van der Waals surface area contributed by atoms with E-state index in [4.69, 9.17) is 15.3 Å². The average molecular weight is 144 g/mol. The number of aliphatic hydroxyl groups excluding tert-OH is 1. The summed E-state index contributed by atoms with van der Waals surface area (Å²) >= 11 is 0. The van der Waals surface area contributed by atoms with Crippen molar-refractivity contribution in [2.75, 3.05) is 6.61 Å². The second-order valence-corrected chi connectivity index (χ2v) is 1.74. The molecule has 1 atom stereocenters. The number of rotatable bonds is 2. The van der Waals surface area contributed by atoms with Crippen molar-refractivity contribution in [2.24, 2.45) is 0 Å². The predicted octanol–water partition coefficient (Wildman–Crippen LogP) is -4.07. The maximum Gasteiger partial charge on any atom is 1.00 e. The van der Waals surface area contributed by atoms with Crippen LogP contribution in [0.5, 0.6) is 0 Å². The molecule has 0 fully saturated rings. The van der Waals surface area contributed by atoms with Gasteiger partial charge in [0.2, 0.25) is 0 Å². The molecule has 0 radical (unpaired) electrons. The fourth-order valence-corrected chi connectivity index (χ4v) is 0.0676. The Morgan fingerprint density at radius 1 is 1.78 bits per heavy atom. The molecule has 9 heavy (non-hydrogen) atoms. The molecular formula is C4H9NaO4. The van der Waals surface area contributed by atoms with Crippen molar-refractivity contribution in [1.82, 2.24) is 0 Å². The topological polar surface area (TPSA) is 77.8 Å². The molecular weight excluding hydrogens is 135 g/mol. The molecule has 0 spiro atoms. The molecule has 0 aliphatic carbocycles. The van der Waals surface area contributed by atoms with Gasteiger partial charge in [-0.3, -0.25) is 0 Å². The van der Waals surface area contributed by atoms with Crippen molar-refractivity contribution in [3.63, 3.8) is 0 Å². The van der Waals surface area contributed by atoms with E-state index in [-0.39, 0.29) is 31.0 Å². The molecule has 0 heterocycles. The van der Waals surface area contributed by atoms with Crippen LogP contribution in [0.15, 0.2) is 0 Å². The Morgan fingerprint density at radius 2 is 2.11 bits per heavy atom. The van der Waals surface area contributed by atoms with Crippen LogP contribution in [0.2, 0.25) is 0 Å². The molecule has 0 amide bonds. The molecule has 0 aromatic rings. The van der Waals surface area contributed by atoms with Gasteiger partial charge in [0.15, 0.2) is 5.60 Å². The predicted molar refractivity (Wildman–Crippen MR) is 26.5 cm³/mol. The van der Waals surface area contributed by atoms with Gasteiger partial charge in [-0.1, -0.05) is 0 Å². The third-order valence-electron chi connectivity index (χ3n) is 0.769. The number of aliphatic carboxylic acids is 1. The van der Waals surface area contributed by atoms with Gasteiger partial charge in [0.25, 0.3) is 0 Å². The Hall–Kier alpha value is 0.390. The van der Waals surface area contributed by atoms with E-state index in [0.717, 1.165) is 6.92 Å². The standard InChI is InChI=1S/C4H8O4.Na.H/c1-4(8,2-5)3(6)7;;/h5,8H,2H2,1H3,(H,6,7);;/q;+1;-1. The average Bonchev–Trinajstić information content (AvgIpc) is 1.67. The summed E-state index contributed by atoms with van der Waals surface area (Å²) < 4.78 is 0. The van der Waals surface area contributed by atoms with Gasteiger partial charge in [-0.05, 0) is 6.92 Å². The molecule has 50 valence electrons. The summed E-state index contributed by atoms with van der Waals surface area (Å²) in [7, 11) is 0. The van der Waals surface area contributed by atoms with Crippen molar-refractivity contribution in [3.8, 4) is 0 Å². The zero-order valence-electron chi connectivity index (χ0n) is 6.46. The molecule has 0 aromatic carbocycles. The van der Waals surface area contributed by atoms with Crippen LogP contribution < -0.4 is 29.6 Å². The number of aliphatic hydroxyl groups is 2. The minimum Gasteiger partial charge on any atom is -1.00 e. The van der Waals surface area contributed by atoms with Gasteiger partial charge in [0.1, 0.15) is 0 Å². The summed E-state index contributed by atoms with van der Waals surface area (Å²) in [6.45, 7) is 0.262. The number of carbonyl (C=O) groups is 1. The van der Waals surface area contributed by atoms with Gasteiger partial charge < -0.3 is 16.7 Å². The van der Waals surface area contributed by atoms with Gasteiger partial charge in [0.05, 0.1) is 6.61 Å². The van der Waals surface area contributed by atoms with Crippen LogP contribution in [0.1, 0.15) is 8.35 Å². The fourth-order valence-electron chi connectivity index (χ4n) is 0.0676. The van der Waals surface area contributed by atoms with Gasteiger partial charge in [-0.2, -0.15) is 0 Å². The van der Waals surface area contributed by atoms with E-state index in [1.54, 1.807) is 0 Å². The Labute approximate surface area is 76.3 Å². The van der Waals surface area contributed by atoms with E-state index in [1.807, 2.05) is 0 Å². The molecule has 0 rings (SSSR count). The Morgan fingerprint density at radius 3 is 2.11 bits per heavy atom. The van der Waals surface area contributed by atoms with E-state index in [1.165, 1.54) is 0 Å². The van der Waals surface area contributed by atoms with Crippen LogP contribution in [0.3, 0.4) is 0 Å². The van der Waals surface area contributed by atoms with E-state index in [2.05, 4.69) is 0 Å². The summed E-state index contributed by atoms with van der Waals surface area (Å²) in [5.41, 5.74) is -1.99. The third kappa shape index (κ3) is 3.89. The normalized spacial score (nSPS) is 15.4. The van der Waals surface area contributed by atoms with Crippen molar-refractivity contribution >= 4 is 5.97 Å². The largest absolute Gasteiger partial charge is 1.00 e. The first-order valence-electron chi connectivity index (χ1n) is 2.07. The second kappa shape index (κ2) is 4.24. The number of carboxylic acid groups (broad SMARTS) is 1. The SMILES string of the molecule is CC(O)(CO)C(=O)O.[H-].[Na+]. The van der Waals surface area contributed by atoms with Crippen molar-refractivity contribution in [3.05, 3.63) is 0 Å². The fraction of sp³-hybridized carbons (Fsp3) is 0.750. The first-order chi connectivity index (χ1) is 3.50. The van der Waals surface area contributed by atoms with Gasteiger partial charge in [-0.15, -0.1) is 0 Å². The summed E-state index contributed by atoms with van der Waals surface area (Å²) in [6, 6.07) is 0. The summed E-state index contributed by atoms with van der Waals surface area (Å²) in [4.78, 5) is 9.84. The third-order valence-corrected chi connectivity index (χ3v) is 0.769. The van der Waals surface area contributed by atoms with Crippen LogP contribution in [0.4, 0.5) is 0 Å². The number of carboxylic acids is 1. The molecule has 0 aliphatic rings. The van der Waals surface area contributed by atoms with Crippen molar-refractivity contribution < 1.29 is 51.1 Å². The van der Waals surface area contributed by atoms with Gasteiger partial charge in [0, 0.05) is 0 Å². The summed E-state index contributed by atoms with van der Waals surface area (Å²) in [5, 5.41) is 24.7. The maximum absolute atomic E-state index is 9.84. The quantitative estimate of drug-likeness (QED) is 0.344. The maximum atomic E-state index is 9.84. The molecule has 3 N–H and O–H groups in total.